The fraction of sp³-hybridized carbons (Fsp3) is 0.111. The summed E-state index contributed by atoms with van der Waals surface area (Å²) in [6, 6.07) is 10.3. The first-order valence-electron chi connectivity index (χ1n) is 6.96. The molecule has 0 aliphatic rings. The van der Waals surface area contributed by atoms with E-state index in [4.69, 9.17) is 0 Å². The molecule has 1 amide bonds. The van der Waals surface area contributed by atoms with Crippen molar-refractivity contribution in [3.8, 4) is 0 Å². The van der Waals surface area contributed by atoms with Gasteiger partial charge in [-0.2, -0.15) is 0 Å². The summed E-state index contributed by atoms with van der Waals surface area (Å²) in [6.07, 6.45) is 0.813. The summed E-state index contributed by atoms with van der Waals surface area (Å²) in [4.78, 5) is 23.8. The van der Waals surface area contributed by atoms with Crippen LogP contribution in [-0.2, 0) is 9.59 Å². The van der Waals surface area contributed by atoms with E-state index in [1.54, 1.807) is 12.1 Å². The van der Waals surface area contributed by atoms with E-state index in [-0.39, 0.29) is 5.56 Å². The van der Waals surface area contributed by atoms with Crippen LogP contribution in [0.3, 0.4) is 0 Å². The smallest absolute Gasteiger partial charge is 0.296 e. The fourth-order valence-electron chi connectivity index (χ4n) is 1.96. The van der Waals surface area contributed by atoms with E-state index < -0.39 is 23.3 Å². The number of hydrogen-bond acceptors (Lipinski definition) is 3. The Bertz CT molecular complexity index is 779. The van der Waals surface area contributed by atoms with Crippen LogP contribution in [0.2, 0.25) is 0 Å². The van der Waals surface area contributed by atoms with Gasteiger partial charge in [0.1, 0.15) is 11.6 Å². The van der Waals surface area contributed by atoms with Crippen molar-refractivity contribution >= 4 is 23.1 Å². The normalized spacial score (nSPS) is 11.2. The largest absolute Gasteiger partial charge is 0.507 e. The Balaban J connectivity index is 2.13. The van der Waals surface area contributed by atoms with E-state index >= 15 is 0 Å². The molecule has 0 saturated heterocycles. The van der Waals surface area contributed by atoms with Gasteiger partial charge in [0.05, 0.1) is 0 Å². The summed E-state index contributed by atoms with van der Waals surface area (Å²) in [6.45, 7) is 3.73. The van der Waals surface area contributed by atoms with E-state index in [1.165, 1.54) is 12.1 Å². The number of anilines is 1. The van der Waals surface area contributed by atoms with Crippen LogP contribution >= 0.6 is 0 Å². The maximum absolute atomic E-state index is 12.8. The first kappa shape index (κ1) is 16.4. The molecule has 0 heterocycles. The summed E-state index contributed by atoms with van der Waals surface area (Å²) in [5.41, 5.74) is 2.64. The molecule has 2 aromatic carbocycles. The van der Waals surface area contributed by atoms with Crippen LogP contribution < -0.4 is 5.32 Å². The zero-order chi connectivity index (χ0) is 17.0. The van der Waals surface area contributed by atoms with Gasteiger partial charge in [-0.15, -0.1) is 0 Å². The number of amides is 1. The Kier molecular flexibility index (Phi) is 4.91. The standard InChI is InChI=1S/C18H16FNO3/c1-11-4-3-5-15(12(11)2)20-18(23)17(22)10-16(21)13-6-8-14(19)9-7-13/h3-10,21H,1-2H3,(H,20,23)/b16-10-. The van der Waals surface area contributed by atoms with Crippen molar-refractivity contribution in [3.63, 3.8) is 0 Å². The van der Waals surface area contributed by atoms with E-state index in [1.807, 2.05) is 19.9 Å². The van der Waals surface area contributed by atoms with Gasteiger partial charge < -0.3 is 10.4 Å². The van der Waals surface area contributed by atoms with Crippen LogP contribution in [0.25, 0.3) is 5.76 Å². The number of aliphatic hydroxyl groups excluding tert-OH is 1. The molecule has 0 spiro atoms. The molecule has 0 aliphatic carbocycles. The summed E-state index contributed by atoms with van der Waals surface area (Å²) in [5.74, 6) is -2.60. The third kappa shape index (κ3) is 4.03. The highest BCUT2D eigenvalue weighted by Gasteiger charge is 2.14. The van der Waals surface area contributed by atoms with Gasteiger partial charge in [0, 0.05) is 17.3 Å². The zero-order valence-corrected chi connectivity index (χ0v) is 12.8. The summed E-state index contributed by atoms with van der Waals surface area (Å²) < 4.78 is 12.8. The summed E-state index contributed by atoms with van der Waals surface area (Å²) >= 11 is 0. The highest BCUT2D eigenvalue weighted by Crippen LogP contribution is 2.18. The minimum absolute atomic E-state index is 0.249. The SMILES string of the molecule is Cc1cccc(NC(=O)C(=O)/C=C(\O)c2ccc(F)cc2)c1C. The number of rotatable bonds is 4. The molecule has 0 radical (unpaired) electrons. The molecule has 0 fully saturated rings. The molecule has 0 saturated carbocycles. The predicted molar refractivity (Wildman–Crippen MR) is 86.6 cm³/mol. The van der Waals surface area contributed by atoms with Crippen LogP contribution in [-0.4, -0.2) is 16.8 Å². The van der Waals surface area contributed by atoms with Crippen molar-refractivity contribution < 1.29 is 19.1 Å². The maximum Gasteiger partial charge on any atom is 0.296 e. The maximum atomic E-state index is 12.8. The van der Waals surface area contributed by atoms with E-state index in [0.29, 0.717) is 5.69 Å². The average molecular weight is 313 g/mol. The molecule has 2 aromatic rings. The number of carbonyl (C=O) groups excluding carboxylic acids is 2. The van der Waals surface area contributed by atoms with Crippen LogP contribution in [0.4, 0.5) is 10.1 Å². The van der Waals surface area contributed by atoms with Crippen LogP contribution in [0.15, 0.2) is 48.5 Å². The van der Waals surface area contributed by atoms with Gasteiger partial charge in [-0.25, -0.2) is 4.39 Å². The molecular weight excluding hydrogens is 297 g/mol. The third-order valence-corrected chi connectivity index (χ3v) is 3.48. The lowest BCUT2D eigenvalue weighted by Gasteiger charge is -2.09. The van der Waals surface area contributed by atoms with Crippen LogP contribution in [0, 0.1) is 19.7 Å². The second-order valence-electron chi connectivity index (χ2n) is 5.10. The van der Waals surface area contributed by atoms with Crippen molar-refractivity contribution in [3.05, 3.63) is 71.0 Å². The van der Waals surface area contributed by atoms with Gasteiger partial charge >= 0.3 is 0 Å². The third-order valence-electron chi connectivity index (χ3n) is 3.48. The van der Waals surface area contributed by atoms with Crippen molar-refractivity contribution in [1.29, 1.82) is 0 Å². The first-order chi connectivity index (χ1) is 10.9. The lowest BCUT2D eigenvalue weighted by Crippen LogP contribution is -2.21. The van der Waals surface area contributed by atoms with E-state index in [9.17, 15) is 19.1 Å². The Labute approximate surface area is 133 Å². The summed E-state index contributed by atoms with van der Waals surface area (Å²) in [5, 5.41) is 12.3. The number of ketones is 1. The Hall–Kier alpha value is -2.95. The minimum atomic E-state index is -0.896. The molecule has 0 aromatic heterocycles. The quantitative estimate of drug-likeness (QED) is 0.515. The first-order valence-corrected chi connectivity index (χ1v) is 6.96. The highest BCUT2D eigenvalue weighted by atomic mass is 19.1. The Morgan fingerprint density at radius 2 is 1.74 bits per heavy atom. The lowest BCUT2D eigenvalue weighted by atomic mass is 10.1. The molecule has 4 nitrogen and oxygen atoms in total. The molecule has 0 atom stereocenters. The van der Waals surface area contributed by atoms with Gasteiger partial charge in [-0.1, -0.05) is 12.1 Å². The van der Waals surface area contributed by atoms with E-state index in [0.717, 1.165) is 29.3 Å². The number of aryl methyl sites for hydroxylation is 1. The second-order valence-corrected chi connectivity index (χ2v) is 5.10. The molecule has 0 unspecified atom stereocenters. The van der Waals surface area contributed by atoms with Crippen molar-refractivity contribution in [2.45, 2.75) is 13.8 Å². The molecule has 0 bridgehead atoms. The van der Waals surface area contributed by atoms with Crippen molar-refractivity contribution in [1.82, 2.24) is 0 Å². The molecule has 5 heteroatoms. The molecule has 0 aliphatic heterocycles. The lowest BCUT2D eigenvalue weighted by molar-refractivity contribution is -0.131. The molecule has 2 rings (SSSR count). The molecule has 118 valence electrons. The number of nitrogens with one attached hydrogen (secondary N) is 1. The van der Waals surface area contributed by atoms with Crippen LogP contribution in [0.5, 0.6) is 0 Å². The van der Waals surface area contributed by atoms with Gasteiger partial charge in [-0.3, -0.25) is 9.59 Å². The average Bonchev–Trinajstić information content (AvgIpc) is 2.52. The summed E-state index contributed by atoms with van der Waals surface area (Å²) in [7, 11) is 0. The van der Waals surface area contributed by atoms with Gasteiger partial charge in [0.2, 0.25) is 5.78 Å². The van der Waals surface area contributed by atoms with Gasteiger partial charge in [-0.05, 0) is 55.3 Å². The fourth-order valence-corrected chi connectivity index (χ4v) is 1.96. The van der Waals surface area contributed by atoms with E-state index in [2.05, 4.69) is 5.32 Å². The van der Waals surface area contributed by atoms with Gasteiger partial charge in [0.25, 0.3) is 5.91 Å². The monoisotopic (exact) mass is 313 g/mol. The van der Waals surface area contributed by atoms with Crippen LogP contribution in [0.1, 0.15) is 16.7 Å². The zero-order valence-electron chi connectivity index (χ0n) is 12.8. The Morgan fingerprint density at radius 3 is 2.39 bits per heavy atom. The minimum Gasteiger partial charge on any atom is -0.507 e. The number of halogens is 1. The topological polar surface area (TPSA) is 66.4 Å². The van der Waals surface area contributed by atoms with Gasteiger partial charge in [0.15, 0.2) is 0 Å². The highest BCUT2D eigenvalue weighted by molar-refractivity contribution is 6.45. The number of benzene rings is 2. The van der Waals surface area contributed by atoms with Crippen molar-refractivity contribution in [2.24, 2.45) is 0 Å². The number of hydrogen-bond donors (Lipinski definition) is 2. The predicted octanol–water partition coefficient (Wildman–Crippen LogP) is 3.55. The Morgan fingerprint density at radius 1 is 1.09 bits per heavy atom. The molecular formula is C18H16FNO3. The number of aliphatic hydroxyl groups is 1. The molecule has 2 N–H and O–H groups in total. The number of carbonyl (C=O) groups is 2. The van der Waals surface area contributed by atoms with Crippen molar-refractivity contribution in [2.75, 3.05) is 5.32 Å². The molecule has 23 heavy (non-hydrogen) atoms. The second kappa shape index (κ2) is 6.87.